The van der Waals surface area contributed by atoms with Gasteiger partial charge in [0.15, 0.2) is 0 Å². The highest BCUT2D eigenvalue weighted by atomic mass is 35.5. The van der Waals surface area contributed by atoms with Crippen LogP contribution >= 0.6 is 23.2 Å². The second kappa shape index (κ2) is 5.08. The highest BCUT2D eigenvalue weighted by molar-refractivity contribution is 6.31. The predicted molar refractivity (Wildman–Crippen MR) is 68.9 cm³/mol. The molecule has 1 aromatic heterocycles. The lowest BCUT2D eigenvalue weighted by Crippen LogP contribution is -1.96. The first-order chi connectivity index (χ1) is 8.17. The third-order valence-electron chi connectivity index (χ3n) is 2.57. The van der Waals surface area contributed by atoms with E-state index in [1.807, 2.05) is 19.1 Å². The van der Waals surface area contributed by atoms with E-state index >= 15 is 0 Å². The van der Waals surface area contributed by atoms with Crippen LogP contribution in [0.3, 0.4) is 0 Å². The third kappa shape index (κ3) is 2.32. The molecule has 3 nitrogen and oxygen atoms in total. The van der Waals surface area contributed by atoms with Crippen LogP contribution in [0, 0.1) is 0 Å². The monoisotopic (exact) mass is 270 g/mol. The minimum Gasteiger partial charge on any atom is -0.391 e. The highest BCUT2D eigenvalue weighted by Crippen LogP contribution is 2.24. The van der Waals surface area contributed by atoms with Crippen LogP contribution in [0.15, 0.2) is 24.3 Å². The Balaban J connectivity index is 2.52. The summed E-state index contributed by atoms with van der Waals surface area (Å²) in [6, 6.07) is 7.22. The number of nitrogens with zero attached hydrogens (tertiary/aromatic N) is 2. The van der Waals surface area contributed by atoms with Gasteiger partial charge in [0.2, 0.25) is 0 Å². The van der Waals surface area contributed by atoms with Crippen molar-refractivity contribution >= 4 is 23.2 Å². The minimum absolute atomic E-state index is 0.102. The van der Waals surface area contributed by atoms with E-state index in [0.717, 1.165) is 17.8 Å². The lowest BCUT2D eigenvalue weighted by atomic mass is 10.2. The molecule has 0 radical (unpaired) electrons. The van der Waals surface area contributed by atoms with Crippen molar-refractivity contribution in [2.45, 2.75) is 20.0 Å². The molecule has 1 N–H and O–H groups in total. The lowest BCUT2D eigenvalue weighted by Gasteiger charge is -2.03. The molecule has 0 fully saturated rings. The zero-order chi connectivity index (χ0) is 12.4. The number of aliphatic hydroxyl groups is 1. The standard InChI is InChI=1S/C12H12Cl2N2O/c1-2-11-10(7-17)12(14)16(15-11)9-5-3-8(13)4-6-9/h3-6,17H,2,7H2,1H3. The normalized spacial score (nSPS) is 10.8. The first-order valence-electron chi connectivity index (χ1n) is 5.30. The Labute approximate surface area is 110 Å². The SMILES string of the molecule is CCc1nn(-c2ccc(Cl)cc2)c(Cl)c1CO. The lowest BCUT2D eigenvalue weighted by molar-refractivity contribution is 0.281. The largest absolute Gasteiger partial charge is 0.391 e. The molecule has 2 aromatic rings. The van der Waals surface area contributed by atoms with Gasteiger partial charge in [-0.25, -0.2) is 4.68 Å². The van der Waals surface area contributed by atoms with Gasteiger partial charge >= 0.3 is 0 Å². The van der Waals surface area contributed by atoms with Crippen molar-refractivity contribution in [1.29, 1.82) is 0 Å². The summed E-state index contributed by atoms with van der Waals surface area (Å²) < 4.78 is 1.61. The van der Waals surface area contributed by atoms with E-state index in [9.17, 15) is 5.11 Å². The molecule has 0 amide bonds. The Morgan fingerprint density at radius 3 is 2.35 bits per heavy atom. The molecule has 0 aliphatic rings. The number of rotatable bonds is 3. The highest BCUT2D eigenvalue weighted by Gasteiger charge is 2.15. The molecule has 90 valence electrons. The Kier molecular flexibility index (Phi) is 3.72. The van der Waals surface area contributed by atoms with Crippen LogP contribution in [0.25, 0.3) is 5.69 Å². The van der Waals surface area contributed by atoms with E-state index in [2.05, 4.69) is 5.10 Å². The van der Waals surface area contributed by atoms with Crippen LogP contribution in [-0.2, 0) is 13.0 Å². The van der Waals surface area contributed by atoms with Crippen LogP contribution in [0.1, 0.15) is 18.2 Å². The maximum Gasteiger partial charge on any atom is 0.138 e. The average Bonchev–Trinajstić information content (AvgIpc) is 2.66. The van der Waals surface area contributed by atoms with Crippen LogP contribution in [-0.4, -0.2) is 14.9 Å². The number of hydrogen-bond donors (Lipinski definition) is 1. The number of aromatic nitrogens is 2. The van der Waals surface area contributed by atoms with E-state index in [0.29, 0.717) is 15.7 Å². The van der Waals surface area contributed by atoms with Crippen LogP contribution in [0.5, 0.6) is 0 Å². The topological polar surface area (TPSA) is 38.0 Å². The van der Waals surface area contributed by atoms with Crippen molar-refractivity contribution in [3.05, 3.63) is 45.7 Å². The molecule has 0 atom stereocenters. The molecule has 0 bridgehead atoms. The van der Waals surface area contributed by atoms with Gasteiger partial charge in [-0.2, -0.15) is 5.10 Å². The molecular weight excluding hydrogens is 259 g/mol. The van der Waals surface area contributed by atoms with Crippen LogP contribution < -0.4 is 0 Å². The molecule has 0 spiro atoms. The minimum atomic E-state index is -0.102. The molecule has 0 aliphatic carbocycles. The Hall–Kier alpha value is -1.03. The van der Waals surface area contributed by atoms with E-state index in [1.165, 1.54) is 0 Å². The molecule has 5 heteroatoms. The van der Waals surface area contributed by atoms with Gasteiger partial charge in [-0.1, -0.05) is 30.1 Å². The van der Waals surface area contributed by atoms with Gasteiger partial charge in [-0.3, -0.25) is 0 Å². The third-order valence-corrected chi connectivity index (χ3v) is 3.21. The molecular formula is C12H12Cl2N2O. The maximum atomic E-state index is 9.28. The zero-order valence-corrected chi connectivity index (χ0v) is 10.8. The molecule has 0 saturated carbocycles. The van der Waals surface area contributed by atoms with E-state index in [4.69, 9.17) is 23.2 Å². The van der Waals surface area contributed by atoms with Gasteiger partial charge in [0.1, 0.15) is 5.15 Å². The van der Waals surface area contributed by atoms with Crippen LogP contribution in [0.2, 0.25) is 10.2 Å². The number of benzene rings is 1. The predicted octanol–water partition coefficient (Wildman–Crippen LogP) is 3.23. The van der Waals surface area contributed by atoms with Crippen molar-refractivity contribution < 1.29 is 5.11 Å². The van der Waals surface area contributed by atoms with E-state index in [1.54, 1.807) is 16.8 Å². The first-order valence-corrected chi connectivity index (χ1v) is 6.06. The molecule has 0 unspecified atom stereocenters. The Morgan fingerprint density at radius 1 is 1.24 bits per heavy atom. The van der Waals surface area contributed by atoms with Crippen molar-refractivity contribution in [3.63, 3.8) is 0 Å². The molecule has 2 rings (SSSR count). The second-order valence-corrected chi connectivity index (χ2v) is 4.41. The summed E-state index contributed by atoms with van der Waals surface area (Å²) in [5.74, 6) is 0. The van der Waals surface area contributed by atoms with Gasteiger partial charge in [0, 0.05) is 10.6 Å². The molecule has 17 heavy (non-hydrogen) atoms. The van der Waals surface area contributed by atoms with Crippen molar-refractivity contribution in [2.75, 3.05) is 0 Å². The number of aliphatic hydroxyl groups excluding tert-OH is 1. The summed E-state index contributed by atoms with van der Waals surface area (Å²) in [6.45, 7) is 1.87. The fraction of sp³-hybridized carbons (Fsp3) is 0.250. The van der Waals surface area contributed by atoms with Crippen molar-refractivity contribution in [3.8, 4) is 5.69 Å². The molecule has 1 aromatic carbocycles. The summed E-state index contributed by atoms with van der Waals surface area (Å²) in [4.78, 5) is 0. The maximum absolute atomic E-state index is 9.28. The molecule has 1 heterocycles. The number of aryl methyl sites for hydroxylation is 1. The van der Waals surface area contributed by atoms with E-state index in [-0.39, 0.29) is 6.61 Å². The summed E-state index contributed by atoms with van der Waals surface area (Å²) in [5, 5.41) is 14.8. The zero-order valence-electron chi connectivity index (χ0n) is 9.32. The smallest absolute Gasteiger partial charge is 0.138 e. The van der Waals surface area contributed by atoms with E-state index < -0.39 is 0 Å². The average molecular weight is 271 g/mol. The fourth-order valence-electron chi connectivity index (χ4n) is 1.67. The summed E-state index contributed by atoms with van der Waals surface area (Å²) in [7, 11) is 0. The second-order valence-electron chi connectivity index (χ2n) is 3.62. The van der Waals surface area contributed by atoms with Gasteiger partial charge in [-0.15, -0.1) is 0 Å². The van der Waals surface area contributed by atoms with Gasteiger partial charge in [-0.05, 0) is 30.7 Å². The summed E-state index contributed by atoms with van der Waals surface area (Å²) in [5.41, 5.74) is 2.32. The van der Waals surface area contributed by atoms with Gasteiger partial charge < -0.3 is 5.11 Å². The number of hydrogen-bond acceptors (Lipinski definition) is 2. The van der Waals surface area contributed by atoms with Crippen molar-refractivity contribution in [1.82, 2.24) is 9.78 Å². The summed E-state index contributed by atoms with van der Waals surface area (Å²) in [6.07, 6.45) is 0.732. The number of halogens is 2. The van der Waals surface area contributed by atoms with Crippen LogP contribution in [0.4, 0.5) is 0 Å². The quantitative estimate of drug-likeness (QED) is 0.930. The molecule has 0 saturated heterocycles. The first kappa shape index (κ1) is 12.4. The Morgan fingerprint density at radius 2 is 1.88 bits per heavy atom. The van der Waals surface area contributed by atoms with Crippen molar-refractivity contribution in [2.24, 2.45) is 0 Å². The van der Waals surface area contributed by atoms with Gasteiger partial charge in [0.05, 0.1) is 18.0 Å². The fourth-order valence-corrected chi connectivity index (χ4v) is 2.10. The van der Waals surface area contributed by atoms with Gasteiger partial charge in [0.25, 0.3) is 0 Å². The summed E-state index contributed by atoms with van der Waals surface area (Å²) >= 11 is 12.0. The molecule has 0 aliphatic heterocycles. The Bertz CT molecular complexity index is 520.